The van der Waals surface area contributed by atoms with Crippen molar-refractivity contribution in [2.24, 2.45) is 5.92 Å². The van der Waals surface area contributed by atoms with Gasteiger partial charge in [0.2, 0.25) is 0 Å². The van der Waals surface area contributed by atoms with Crippen molar-refractivity contribution < 1.29 is 4.74 Å². The van der Waals surface area contributed by atoms with E-state index in [1.165, 1.54) is 45.1 Å². The Morgan fingerprint density at radius 2 is 2.10 bits per heavy atom. The average Bonchev–Trinajstić information content (AvgIpc) is 2.50. The fourth-order valence-electron chi connectivity index (χ4n) is 5.30. The molecular weight excluding hydrogens is 326 g/mol. The number of likely N-dealkylation sites (tertiary alicyclic amines) is 1. The zero-order valence-electron chi connectivity index (χ0n) is 13.1. The summed E-state index contributed by atoms with van der Waals surface area (Å²) in [7, 11) is 4.12. The lowest BCUT2D eigenvalue weighted by molar-refractivity contribution is 0.00274. The number of benzene rings is 1. The third-order valence-corrected chi connectivity index (χ3v) is 6.32. The van der Waals surface area contributed by atoms with E-state index in [1.807, 2.05) is 0 Å². The Kier molecular flexibility index (Phi) is 4.08. The first kappa shape index (κ1) is 15.4. The van der Waals surface area contributed by atoms with Crippen LogP contribution in [0.3, 0.4) is 0 Å². The fraction of sp³-hybridized carbons (Fsp3) is 0.667. The summed E-state index contributed by atoms with van der Waals surface area (Å²) in [4.78, 5) is 2.63. The number of likely N-dealkylation sites (N-methyl/N-ethyl adjacent to an activating group) is 1. The zero-order chi connectivity index (χ0) is 13.7. The van der Waals surface area contributed by atoms with Crippen molar-refractivity contribution in [3.05, 3.63) is 29.3 Å². The van der Waals surface area contributed by atoms with Crippen LogP contribution < -0.4 is 4.74 Å². The quantitative estimate of drug-likeness (QED) is 0.759. The van der Waals surface area contributed by atoms with E-state index in [-0.39, 0.29) is 17.0 Å². The van der Waals surface area contributed by atoms with Gasteiger partial charge >= 0.3 is 0 Å². The first-order chi connectivity index (χ1) is 9.74. The largest absolute Gasteiger partial charge is 0.497 e. The highest BCUT2D eigenvalue weighted by atomic mass is 79.9. The normalized spacial score (nSPS) is 34.4. The molecule has 0 spiro atoms. The molecule has 0 amide bonds. The van der Waals surface area contributed by atoms with Crippen LogP contribution >= 0.6 is 17.0 Å². The number of ether oxygens (including phenoxy) is 1. The van der Waals surface area contributed by atoms with Gasteiger partial charge in [-0.25, -0.2) is 0 Å². The smallest absolute Gasteiger partial charge is 0.119 e. The number of halogens is 1. The van der Waals surface area contributed by atoms with Crippen LogP contribution in [-0.2, 0) is 11.8 Å². The third-order valence-electron chi connectivity index (χ3n) is 6.32. The fourth-order valence-corrected chi connectivity index (χ4v) is 5.30. The van der Waals surface area contributed by atoms with Crippen LogP contribution in [0.25, 0.3) is 0 Å². The molecule has 0 aromatic heterocycles. The molecule has 2 aliphatic carbocycles. The summed E-state index contributed by atoms with van der Waals surface area (Å²) in [5.74, 6) is 1.91. The van der Waals surface area contributed by atoms with E-state index in [9.17, 15) is 0 Å². The molecule has 1 unspecified atom stereocenters. The molecule has 116 valence electrons. The lowest BCUT2D eigenvalue weighted by Crippen LogP contribution is -2.59. The molecule has 2 nitrogen and oxygen atoms in total. The highest BCUT2D eigenvalue weighted by Crippen LogP contribution is 2.55. The van der Waals surface area contributed by atoms with Crippen molar-refractivity contribution in [1.29, 1.82) is 0 Å². The molecule has 1 heterocycles. The minimum absolute atomic E-state index is 0. The Morgan fingerprint density at radius 1 is 1.24 bits per heavy atom. The number of hydrogen-bond acceptors (Lipinski definition) is 2. The predicted octanol–water partition coefficient (Wildman–Crippen LogP) is 3.96. The Labute approximate surface area is 138 Å². The Hall–Kier alpha value is -0.540. The summed E-state index contributed by atoms with van der Waals surface area (Å²) in [6.45, 7) is 1.26. The molecule has 1 saturated heterocycles. The van der Waals surface area contributed by atoms with E-state index in [2.05, 4.69) is 30.1 Å². The minimum Gasteiger partial charge on any atom is -0.497 e. The molecule has 1 saturated carbocycles. The van der Waals surface area contributed by atoms with Crippen molar-refractivity contribution in [3.8, 4) is 5.75 Å². The monoisotopic (exact) mass is 351 g/mol. The van der Waals surface area contributed by atoms with Gasteiger partial charge in [0.15, 0.2) is 0 Å². The van der Waals surface area contributed by atoms with Crippen LogP contribution in [-0.4, -0.2) is 31.6 Å². The lowest BCUT2D eigenvalue weighted by Gasteiger charge is -2.58. The number of piperidine rings is 1. The summed E-state index contributed by atoms with van der Waals surface area (Å²) in [6, 6.07) is 7.60. The van der Waals surface area contributed by atoms with Gasteiger partial charge in [0, 0.05) is 11.5 Å². The first-order valence-corrected chi connectivity index (χ1v) is 8.12. The van der Waals surface area contributed by atoms with E-state index in [0.717, 1.165) is 17.7 Å². The second-order valence-electron chi connectivity index (χ2n) is 7.03. The molecule has 3 atom stereocenters. The number of hydrogen-bond donors (Lipinski definition) is 0. The molecule has 1 aromatic carbocycles. The Balaban J connectivity index is 0.00000132. The number of methoxy groups -OCH3 is 1. The van der Waals surface area contributed by atoms with Crippen LogP contribution in [0.2, 0.25) is 0 Å². The molecule has 1 aliphatic heterocycles. The highest BCUT2D eigenvalue weighted by molar-refractivity contribution is 8.93. The van der Waals surface area contributed by atoms with E-state index >= 15 is 0 Å². The van der Waals surface area contributed by atoms with Crippen molar-refractivity contribution in [1.82, 2.24) is 4.90 Å². The molecular formula is C18H26BrNO. The second kappa shape index (κ2) is 5.58. The molecule has 3 aliphatic rings. The maximum absolute atomic E-state index is 5.51. The number of rotatable bonds is 1. The van der Waals surface area contributed by atoms with Crippen LogP contribution in [0.5, 0.6) is 5.75 Å². The van der Waals surface area contributed by atoms with E-state index < -0.39 is 0 Å². The molecule has 4 rings (SSSR count). The van der Waals surface area contributed by atoms with Crippen molar-refractivity contribution >= 4 is 17.0 Å². The van der Waals surface area contributed by atoms with Gasteiger partial charge in [0.1, 0.15) is 5.75 Å². The van der Waals surface area contributed by atoms with Gasteiger partial charge in [-0.2, -0.15) is 0 Å². The third kappa shape index (κ3) is 2.16. The van der Waals surface area contributed by atoms with Gasteiger partial charge in [-0.15, -0.1) is 17.0 Å². The molecule has 2 fully saturated rings. The Morgan fingerprint density at radius 3 is 2.90 bits per heavy atom. The lowest BCUT2D eigenvalue weighted by atomic mass is 9.52. The molecule has 21 heavy (non-hydrogen) atoms. The first-order valence-electron chi connectivity index (χ1n) is 8.12. The minimum atomic E-state index is 0. The summed E-state index contributed by atoms with van der Waals surface area (Å²) in [6.07, 6.45) is 8.22. The van der Waals surface area contributed by atoms with Gasteiger partial charge < -0.3 is 9.64 Å². The van der Waals surface area contributed by atoms with Gasteiger partial charge in [-0.05, 0) is 68.5 Å². The molecule has 0 N–H and O–H groups in total. The topological polar surface area (TPSA) is 12.5 Å². The summed E-state index contributed by atoms with van der Waals surface area (Å²) in [5.41, 5.74) is 3.67. The van der Waals surface area contributed by atoms with Crippen molar-refractivity contribution in [3.63, 3.8) is 0 Å². The molecule has 2 bridgehead atoms. The van der Waals surface area contributed by atoms with Gasteiger partial charge in [-0.3, -0.25) is 0 Å². The van der Waals surface area contributed by atoms with E-state index in [1.54, 1.807) is 18.2 Å². The Bertz CT molecular complexity index is 532. The van der Waals surface area contributed by atoms with Gasteiger partial charge in [0.25, 0.3) is 0 Å². The van der Waals surface area contributed by atoms with Gasteiger partial charge in [0.05, 0.1) is 7.11 Å². The molecule has 0 radical (unpaired) electrons. The van der Waals surface area contributed by atoms with Crippen molar-refractivity contribution in [2.45, 2.75) is 50.0 Å². The standard InChI is InChI=1S/C18H25NO.BrH/c1-19-10-9-18-8-4-3-5-15(18)17(19)11-13-6-7-14(20-2)12-16(13)18;/h6-7,12,15,17H,3-5,8-11H2,1-2H3;1H/t15-,17?,18-;/m0./s1. The van der Waals surface area contributed by atoms with E-state index in [0.29, 0.717) is 5.41 Å². The maximum Gasteiger partial charge on any atom is 0.119 e. The van der Waals surface area contributed by atoms with Crippen LogP contribution in [0.4, 0.5) is 0 Å². The summed E-state index contributed by atoms with van der Waals surface area (Å²) < 4.78 is 5.51. The van der Waals surface area contributed by atoms with Crippen LogP contribution in [0.15, 0.2) is 18.2 Å². The highest BCUT2D eigenvalue weighted by Gasteiger charge is 2.53. The maximum atomic E-state index is 5.51. The number of fused-ring (bicyclic) bond motifs is 1. The van der Waals surface area contributed by atoms with E-state index in [4.69, 9.17) is 4.74 Å². The number of nitrogens with zero attached hydrogens (tertiary/aromatic N) is 1. The zero-order valence-corrected chi connectivity index (χ0v) is 14.8. The second-order valence-corrected chi connectivity index (χ2v) is 7.03. The van der Waals surface area contributed by atoms with Crippen molar-refractivity contribution in [2.75, 3.05) is 20.7 Å². The average molecular weight is 352 g/mol. The van der Waals surface area contributed by atoms with Gasteiger partial charge in [-0.1, -0.05) is 18.9 Å². The summed E-state index contributed by atoms with van der Waals surface area (Å²) in [5, 5.41) is 0. The van der Waals surface area contributed by atoms with Crippen LogP contribution in [0.1, 0.15) is 43.2 Å². The molecule has 1 aromatic rings. The SMILES string of the molecule is Br.COc1ccc2c(c1)[C@]13CCCC[C@H]1C(C2)N(C)CC3. The predicted molar refractivity (Wildman–Crippen MR) is 91.7 cm³/mol. The van der Waals surface area contributed by atoms with Crippen LogP contribution in [0, 0.1) is 5.92 Å². The summed E-state index contributed by atoms with van der Waals surface area (Å²) >= 11 is 0. The molecule has 3 heteroatoms.